The molecule has 1 amide bonds. The zero-order valence-electron chi connectivity index (χ0n) is 10.6. The van der Waals surface area contributed by atoms with Gasteiger partial charge in [-0.15, -0.1) is 0 Å². The number of carbonyl (C=O) groups excluding carboxylic acids is 1. The van der Waals surface area contributed by atoms with Crippen molar-refractivity contribution in [3.05, 3.63) is 57.8 Å². The summed E-state index contributed by atoms with van der Waals surface area (Å²) < 4.78 is 0. The second-order valence-corrected chi connectivity index (χ2v) is 5.46. The number of anilines is 1. The number of nitrogens with zero attached hydrogens (tertiary/aromatic N) is 2. The molecule has 102 valence electrons. The smallest absolute Gasteiger partial charge is 0.258 e. The molecule has 0 N–H and O–H groups in total. The average Bonchev–Trinajstić information content (AvgIpc) is 2.45. The quantitative estimate of drug-likeness (QED) is 0.747. The predicted molar refractivity (Wildman–Crippen MR) is 80.7 cm³/mol. The number of amides is 1. The number of carbonyl (C=O) groups is 1. The largest absolute Gasteiger partial charge is 0.308 e. The van der Waals surface area contributed by atoms with Crippen molar-refractivity contribution < 1.29 is 4.79 Å². The molecule has 2 heterocycles. The average molecular weight is 307 g/mol. The van der Waals surface area contributed by atoms with E-state index in [9.17, 15) is 4.79 Å². The first-order valence-corrected chi connectivity index (χ1v) is 7.13. The van der Waals surface area contributed by atoms with Crippen LogP contribution < -0.4 is 4.90 Å². The van der Waals surface area contributed by atoms with E-state index in [0.717, 1.165) is 18.5 Å². The Morgan fingerprint density at radius 3 is 2.60 bits per heavy atom. The summed E-state index contributed by atoms with van der Waals surface area (Å²) in [7, 11) is 0. The maximum atomic E-state index is 12.6. The van der Waals surface area contributed by atoms with Gasteiger partial charge in [-0.3, -0.25) is 4.79 Å². The zero-order valence-corrected chi connectivity index (χ0v) is 12.2. The number of pyridine rings is 1. The van der Waals surface area contributed by atoms with Gasteiger partial charge < -0.3 is 4.90 Å². The van der Waals surface area contributed by atoms with Crippen LogP contribution in [0.1, 0.15) is 22.3 Å². The van der Waals surface area contributed by atoms with E-state index in [-0.39, 0.29) is 16.2 Å². The maximum Gasteiger partial charge on any atom is 0.258 e. The molecule has 0 saturated carbocycles. The fourth-order valence-corrected chi connectivity index (χ4v) is 2.95. The van der Waals surface area contributed by atoms with Crippen LogP contribution in [-0.4, -0.2) is 17.4 Å². The van der Waals surface area contributed by atoms with Crippen molar-refractivity contribution in [1.82, 2.24) is 4.98 Å². The van der Waals surface area contributed by atoms with Gasteiger partial charge in [-0.05, 0) is 36.6 Å². The first-order chi connectivity index (χ1) is 9.65. The van der Waals surface area contributed by atoms with Crippen molar-refractivity contribution in [3.63, 3.8) is 0 Å². The summed E-state index contributed by atoms with van der Waals surface area (Å²) in [4.78, 5) is 18.3. The Hall–Kier alpha value is -1.58. The normalized spacial score (nSPS) is 14.0. The molecule has 0 atom stereocenters. The second kappa shape index (κ2) is 5.43. The highest BCUT2D eigenvalue weighted by Gasteiger charge is 2.23. The SMILES string of the molecule is O=C(c1cc(Cl)nc(Cl)c1)N1CCCc2ccccc21. The third-order valence-electron chi connectivity index (χ3n) is 3.37. The van der Waals surface area contributed by atoms with Gasteiger partial charge in [0.1, 0.15) is 10.3 Å². The summed E-state index contributed by atoms with van der Waals surface area (Å²) in [6, 6.07) is 11.1. The van der Waals surface area contributed by atoms with Gasteiger partial charge in [-0.2, -0.15) is 0 Å². The standard InChI is InChI=1S/C15H12Cl2N2O/c16-13-8-11(9-14(17)18-13)15(20)19-7-3-5-10-4-1-2-6-12(10)19/h1-2,4,6,8-9H,3,5,7H2. The van der Waals surface area contributed by atoms with Gasteiger partial charge in [-0.1, -0.05) is 41.4 Å². The van der Waals surface area contributed by atoms with Crippen LogP contribution in [0.2, 0.25) is 10.3 Å². The minimum Gasteiger partial charge on any atom is -0.308 e. The lowest BCUT2D eigenvalue weighted by atomic mass is 10.0. The van der Waals surface area contributed by atoms with Crippen molar-refractivity contribution >= 4 is 34.8 Å². The molecule has 1 aliphatic rings. The number of hydrogen-bond donors (Lipinski definition) is 0. The summed E-state index contributed by atoms with van der Waals surface area (Å²) in [5.74, 6) is -0.0941. The first kappa shape index (κ1) is 13.4. The number of fused-ring (bicyclic) bond motifs is 1. The van der Waals surface area contributed by atoms with Crippen LogP contribution in [0.4, 0.5) is 5.69 Å². The van der Waals surface area contributed by atoms with Gasteiger partial charge in [0.15, 0.2) is 0 Å². The van der Waals surface area contributed by atoms with E-state index < -0.39 is 0 Å². The molecule has 1 aliphatic heterocycles. The van der Waals surface area contributed by atoms with Crippen molar-refractivity contribution in [2.45, 2.75) is 12.8 Å². The molecule has 0 bridgehead atoms. The van der Waals surface area contributed by atoms with Crippen LogP contribution in [0.25, 0.3) is 0 Å². The number of para-hydroxylation sites is 1. The van der Waals surface area contributed by atoms with Crippen LogP contribution >= 0.6 is 23.2 Å². The molecule has 0 saturated heterocycles. The highest BCUT2D eigenvalue weighted by molar-refractivity contribution is 6.33. The van der Waals surface area contributed by atoms with Crippen LogP contribution in [0.5, 0.6) is 0 Å². The fraction of sp³-hybridized carbons (Fsp3) is 0.200. The lowest BCUT2D eigenvalue weighted by Gasteiger charge is -2.29. The molecule has 0 unspecified atom stereocenters. The summed E-state index contributed by atoms with van der Waals surface area (Å²) in [6.07, 6.45) is 1.95. The van der Waals surface area contributed by atoms with E-state index in [0.29, 0.717) is 12.1 Å². The van der Waals surface area contributed by atoms with E-state index in [2.05, 4.69) is 11.1 Å². The Kier molecular flexibility index (Phi) is 3.64. The lowest BCUT2D eigenvalue weighted by molar-refractivity contribution is 0.0985. The van der Waals surface area contributed by atoms with Crippen LogP contribution in [-0.2, 0) is 6.42 Å². The second-order valence-electron chi connectivity index (χ2n) is 4.69. The minimum absolute atomic E-state index is 0.0941. The Bertz CT molecular complexity index is 652. The van der Waals surface area contributed by atoms with Gasteiger partial charge >= 0.3 is 0 Å². The molecular formula is C15H12Cl2N2O. The number of aryl methyl sites for hydroxylation is 1. The fourth-order valence-electron chi connectivity index (χ4n) is 2.49. The Morgan fingerprint density at radius 2 is 1.85 bits per heavy atom. The molecule has 0 fully saturated rings. The molecule has 1 aromatic heterocycles. The third-order valence-corrected chi connectivity index (χ3v) is 3.75. The minimum atomic E-state index is -0.0941. The molecular weight excluding hydrogens is 295 g/mol. The lowest BCUT2D eigenvalue weighted by Crippen LogP contribution is -2.35. The topological polar surface area (TPSA) is 33.2 Å². The summed E-state index contributed by atoms with van der Waals surface area (Å²) in [6.45, 7) is 0.702. The van der Waals surface area contributed by atoms with Crippen molar-refractivity contribution in [1.29, 1.82) is 0 Å². The third kappa shape index (κ3) is 2.51. The van der Waals surface area contributed by atoms with Gasteiger partial charge in [0, 0.05) is 17.8 Å². The zero-order chi connectivity index (χ0) is 14.1. The Balaban J connectivity index is 1.99. The highest BCUT2D eigenvalue weighted by atomic mass is 35.5. The predicted octanol–water partition coefficient (Wildman–Crippen LogP) is 3.98. The van der Waals surface area contributed by atoms with E-state index in [4.69, 9.17) is 23.2 Å². The molecule has 0 aliphatic carbocycles. The molecule has 5 heteroatoms. The van der Waals surface area contributed by atoms with Crippen molar-refractivity contribution in [2.24, 2.45) is 0 Å². The number of rotatable bonds is 1. The van der Waals surface area contributed by atoms with E-state index in [1.807, 2.05) is 18.2 Å². The molecule has 3 rings (SSSR count). The molecule has 3 nitrogen and oxygen atoms in total. The number of aromatic nitrogens is 1. The Morgan fingerprint density at radius 1 is 1.15 bits per heavy atom. The molecule has 20 heavy (non-hydrogen) atoms. The molecule has 2 aromatic rings. The van der Waals surface area contributed by atoms with E-state index in [1.165, 1.54) is 5.56 Å². The van der Waals surface area contributed by atoms with Crippen LogP contribution in [0.15, 0.2) is 36.4 Å². The van der Waals surface area contributed by atoms with Crippen molar-refractivity contribution in [2.75, 3.05) is 11.4 Å². The number of hydrogen-bond acceptors (Lipinski definition) is 2. The molecule has 0 spiro atoms. The van der Waals surface area contributed by atoms with Crippen molar-refractivity contribution in [3.8, 4) is 0 Å². The summed E-state index contributed by atoms with van der Waals surface area (Å²) in [5.41, 5.74) is 2.62. The summed E-state index contributed by atoms with van der Waals surface area (Å²) in [5, 5.41) is 0.456. The summed E-state index contributed by atoms with van der Waals surface area (Å²) >= 11 is 11.7. The monoisotopic (exact) mass is 306 g/mol. The van der Waals surface area contributed by atoms with Gasteiger partial charge in [0.05, 0.1) is 0 Å². The molecule has 1 aromatic carbocycles. The van der Waals surface area contributed by atoms with Gasteiger partial charge in [0.25, 0.3) is 5.91 Å². The number of halogens is 2. The van der Waals surface area contributed by atoms with E-state index in [1.54, 1.807) is 17.0 Å². The maximum absolute atomic E-state index is 12.6. The van der Waals surface area contributed by atoms with Gasteiger partial charge in [-0.25, -0.2) is 4.98 Å². The van der Waals surface area contributed by atoms with E-state index >= 15 is 0 Å². The first-order valence-electron chi connectivity index (χ1n) is 6.38. The molecule has 0 radical (unpaired) electrons. The van der Waals surface area contributed by atoms with Gasteiger partial charge in [0.2, 0.25) is 0 Å². The number of benzene rings is 1. The van der Waals surface area contributed by atoms with Crippen LogP contribution in [0, 0.1) is 0 Å². The highest BCUT2D eigenvalue weighted by Crippen LogP contribution is 2.28. The van der Waals surface area contributed by atoms with Crippen LogP contribution in [0.3, 0.4) is 0 Å². The Labute approximate surface area is 127 Å².